The van der Waals surface area contributed by atoms with E-state index in [1.54, 1.807) is 24.3 Å². The predicted molar refractivity (Wildman–Crippen MR) is 105 cm³/mol. The maximum Gasteiger partial charge on any atom is 0.278 e. The van der Waals surface area contributed by atoms with E-state index in [1.165, 1.54) is 36.5 Å². The van der Waals surface area contributed by atoms with Gasteiger partial charge in [-0.25, -0.2) is 0 Å². The van der Waals surface area contributed by atoms with E-state index in [1.807, 2.05) is 4.83 Å². The average molecular weight is 440 g/mol. The van der Waals surface area contributed by atoms with Crippen molar-refractivity contribution in [1.29, 1.82) is 0 Å². The Morgan fingerprint density at radius 3 is 2.46 bits per heavy atom. The summed E-state index contributed by atoms with van der Waals surface area (Å²) < 4.78 is 30.0. The van der Waals surface area contributed by atoms with Crippen molar-refractivity contribution in [1.82, 2.24) is 4.83 Å². The van der Waals surface area contributed by atoms with Crippen LogP contribution in [-0.4, -0.2) is 19.6 Å². The molecule has 3 rings (SSSR count). The fourth-order valence-corrected chi connectivity index (χ4v) is 3.77. The zero-order valence-corrected chi connectivity index (χ0v) is 16.2. The van der Waals surface area contributed by atoms with E-state index in [0.717, 1.165) is 0 Å². The Morgan fingerprint density at radius 2 is 1.79 bits per heavy atom. The second-order valence-electron chi connectivity index (χ2n) is 5.43. The summed E-state index contributed by atoms with van der Waals surface area (Å²) in [5.41, 5.74) is 0.586. The van der Waals surface area contributed by atoms with E-state index < -0.39 is 14.9 Å². The van der Waals surface area contributed by atoms with Gasteiger partial charge in [0.2, 0.25) is 0 Å². The predicted octanol–water partition coefficient (Wildman–Crippen LogP) is 4.47. The normalized spacial score (nSPS) is 11.6. The fourth-order valence-electron chi connectivity index (χ4n) is 2.22. The molecule has 1 aromatic heterocycles. The molecule has 0 fully saturated rings. The molecule has 2 aromatic carbocycles. The Morgan fingerprint density at radius 1 is 1.07 bits per heavy atom. The summed E-state index contributed by atoms with van der Waals surface area (Å²) >= 11 is 11.7. The van der Waals surface area contributed by atoms with Gasteiger partial charge in [-0.1, -0.05) is 23.2 Å². The molecule has 1 heterocycles. The Hall–Kier alpha value is -2.88. The first-order valence-corrected chi connectivity index (χ1v) is 9.85. The number of furan rings is 1. The lowest BCUT2D eigenvalue weighted by molar-refractivity contribution is -0.384. The number of nitro groups is 1. The molecule has 0 aliphatic heterocycles. The van der Waals surface area contributed by atoms with Crippen LogP contribution in [-0.2, 0) is 10.0 Å². The molecule has 1 N–H and O–H groups in total. The molecular formula is C17H11Cl2N3O5S. The van der Waals surface area contributed by atoms with Crippen molar-refractivity contribution in [2.45, 2.75) is 4.90 Å². The third-order valence-corrected chi connectivity index (χ3v) is 5.48. The Balaban J connectivity index is 1.73. The minimum atomic E-state index is -4.01. The quantitative estimate of drug-likeness (QED) is 0.345. The highest BCUT2D eigenvalue weighted by molar-refractivity contribution is 7.89. The lowest BCUT2D eigenvalue weighted by Crippen LogP contribution is -2.18. The highest BCUT2D eigenvalue weighted by Gasteiger charge is 2.17. The van der Waals surface area contributed by atoms with Crippen LogP contribution in [0.2, 0.25) is 10.0 Å². The Kier molecular flexibility index (Phi) is 5.68. The molecule has 0 aliphatic carbocycles. The fraction of sp³-hybridized carbons (Fsp3) is 0. The summed E-state index contributed by atoms with van der Waals surface area (Å²) in [6.45, 7) is 0. The number of hydrogen-bond acceptors (Lipinski definition) is 6. The van der Waals surface area contributed by atoms with Gasteiger partial charge in [0.05, 0.1) is 16.2 Å². The summed E-state index contributed by atoms with van der Waals surface area (Å²) in [5.74, 6) is 0.713. The van der Waals surface area contributed by atoms with Crippen LogP contribution < -0.4 is 4.83 Å². The lowest BCUT2D eigenvalue weighted by atomic mass is 10.1. The standard InChI is InChI=1S/C17H11Cl2N3O5S/c18-12-3-7-15(19)17(9-12)28(25,26)21-20-10-14-6-8-16(27-14)11-1-4-13(5-2-11)22(23)24/h1-10,21H. The summed E-state index contributed by atoms with van der Waals surface area (Å²) in [4.78, 5) is 12.0. The van der Waals surface area contributed by atoms with Crippen molar-refractivity contribution in [2.24, 2.45) is 5.10 Å². The number of benzene rings is 2. The van der Waals surface area contributed by atoms with Crippen LogP contribution in [0.4, 0.5) is 5.69 Å². The third kappa shape index (κ3) is 4.50. The summed E-state index contributed by atoms with van der Waals surface area (Å²) in [7, 11) is -4.01. The van der Waals surface area contributed by atoms with E-state index in [4.69, 9.17) is 27.6 Å². The van der Waals surface area contributed by atoms with E-state index in [9.17, 15) is 18.5 Å². The molecule has 0 bridgehead atoms. The first-order valence-electron chi connectivity index (χ1n) is 7.61. The molecule has 28 heavy (non-hydrogen) atoms. The number of hydrazone groups is 1. The minimum absolute atomic E-state index is 0.00514. The van der Waals surface area contributed by atoms with Crippen LogP contribution in [0.25, 0.3) is 11.3 Å². The van der Waals surface area contributed by atoms with Crippen molar-refractivity contribution >= 4 is 45.1 Å². The van der Waals surface area contributed by atoms with Gasteiger partial charge in [-0.05, 0) is 42.5 Å². The van der Waals surface area contributed by atoms with Crippen LogP contribution in [0.3, 0.4) is 0 Å². The van der Waals surface area contributed by atoms with Gasteiger partial charge < -0.3 is 4.42 Å². The molecule has 144 valence electrons. The first kappa shape index (κ1) is 19.9. The van der Waals surface area contributed by atoms with Crippen LogP contribution >= 0.6 is 23.2 Å². The number of nitrogens with zero attached hydrogens (tertiary/aromatic N) is 2. The second-order valence-corrected chi connectivity index (χ2v) is 7.91. The molecule has 0 amide bonds. The van der Waals surface area contributed by atoms with Crippen LogP contribution in [0, 0.1) is 10.1 Å². The topological polar surface area (TPSA) is 115 Å². The molecular weight excluding hydrogens is 429 g/mol. The van der Waals surface area contributed by atoms with E-state index in [2.05, 4.69) is 5.10 Å². The van der Waals surface area contributed by atoms with E-state index in [-0.39, 0.29) is 26.4 Å². The van der Waals surface area contributed by atoms with Crippen LogP contribution in [0.15, 0.2) is 69.0 Å². The van der Waals surface area contributed by atoms with Gasteiger partial charge in [-0.15, -0.1) is 0 Å². The molecule has 11 heteroatoms. The Labute approximate surface area is 169 Å². The molecule has 0 aliphatic rings. The molecule has 3 aromatic rings. The van der Waals surface area contributed by atoms with Gasteiger partial charge in [-0.2, -0.15) is 18.4 Å². The monoisotopic (exact) mass is 439 g/mol. The van der Waals surface area contributed by atoms with Gasteiger partial charge >= 0.3 is 0 Å². The number of nitro benzene ring substituents is 1. The summed E-state index contributed by atoms with van der Waals surface area (Å²) in [5, 5.41) is 14.6. The summed E-state index contributed by atoms with van der Waals surface area (Å²) in [6.07, 6.45) is 1.17. The lowest BCUT2D eigenvalue weighted by Gasteiger charge is -2.05. The zero-order chi connectivity index (χ0) is 20.3. The van der Waals surface area contributed by atoms with Crippen molar-refractivity contribution < 1.29 is 17.8 Å². The van der Waals surface area contributed by atoms with Gasteiger partial charge in [0.1, 0.15) is 16.4 Å². The number of sulfonamides is 1. The number of non-ortho nitro benzene ring substituents is 1. The van der Waals surface area contributed by atoms with Crippen molar-refractivity contribution in [3.63, 3.8) is 0 Å². The molecule has 0 spiro atoms. The smallest absolute Gasteiger partial charge is 0.278 e. The van der Waals surface area contributed by atoms with Crippen LogP contribution in [0.1, 0.15) is 5.76 Å². The molecule has 0 unspecified atom stereocenters. The maximum atomic E-state index is 12.3. The highest BCUT2D eigenvalue weighted by Crippen LogP contribution is 2.25. The number of hydrogen-bond donors (Lipinski definition) is 1. The number of nitrogens with one attached hydrogen (secondary N) is 1. The van der Waals surface area contributed by atoms with E-state index >= 15 is 0 Å². The SMILES string of the molecule is O=[N+]([O-])c1ccc(-c2ccc(C=NNS(=O)(=O)c3cc(Cl)ccc3Cl)o2)cc1. The minimum Gasteiger partial charge on any atom is -0.455 e. The van der Waals surface area contributed by atoms with Crippen molar-refractivity contribution in [3.05, 3.63) is 80.5 Å². The second kappa shape index (κ2) is 8.01. The number of halogens is 2. The Bertz CT molecular complexity index is 1160. The van der Waals surface area contributed by atoms with Gasteiger partial charge in [0.25, 0.3) is 15.7 Å². The molecule has 0 radical (unpaired) electrons. The highest BCUT2D eigenvalue weighted by atomic mass is 35.5. The zero-order valence-electron chi connectivity index (χ0n) is 13.9. The number of rotatable bonds is 6. The largest absolute Gasteiger partial charge is 0.455 e. The van der Waals surface area contributed by atoms with Crippen molar-refractivity contribution in [2.75, 3.05) is 0 Å². The van der Waals surface area contributed by atoms with Gasteiger partial charge in [0.15, 0.2) is 0 Å². The maximum absolute atomic E-state index is 12.3. The average Bonchev–Trinajstić information content (AvgIpc) is 3.12. The van der Waals surface area contributed by atoms with E-state index in [0.29, 0.717) is 11.3 Å². The first-order chi connectivity index (χ1) is 13.3. The molecule has 8 nitrogen and oxygen atoms in total. The molecule has 0 saturated carbocycles. The van der Waals surface area contributed by atoms with Crippen molar-refractivity contribution in [3.8, 4) is 11.3 Å². The molecule has 0 atom stereocenters. The van der Waals surface area contributed by atoms with Gasteiger partial charge in [-0.3, -0.25) is 10.1 Å². The molecule has 0 saturated heterocycles. The van der Waals surface area contributed by atoms with Gasteiger partial charge in [0, 0.05) is 22.7 Å². The summed E-state index contributed by atoms with van der Waals surface area (Å²) in [6, 6.07) is 13.0. The van der Waals surface area contributed by atoms with Crippen LogP contribution in [0.5, 0.6) is 0 Å². The third-order valence-electron chi connectivity index (χ3n) is 3.54.